The average molecular weight is 213 g/mol. The van der Waals surface area contributed by atoms with Gasteiger partial charge in [-0.1, -0.05) is 25.3 Å². The lowest BCUT2D eigenvalue weighted by molar-refractivity contribution is 0.525. The van der Waals surface area contributed by atoms with Crippen LogP contribution in [0, 0.1) is 18.3 Å². The maximum atomic E-state index is 5.39. The fourth-order valence-electron chi connectivity index (χ4n) is 2.51. The molecule has 0 heterocycles. The van der Waals surface area contributed by atoms with Gasteiger partial charge in [0.25, 0.3) is 0 Å². The van der Waals surface area contributed by atoms with Crippen molar-refractivity contribution in [1.82, 2.24) is 0 Å². The summed E-state index contributed by atoms with van der Waals surface area (Å²) in [5.41, 5.74) is 2.12. The van der Waals surface area contributed by atoms with Gasteiger partial charge in [-0.15, -0.1) is 6.42 Å². The van der Waals surface area contributed by atoms with Gasteiger partial charge in [0, 0.05) is 17.3 Å². The molecule has 1 heteroatoms. The third kappa shape index (κ3) is 2.58. The van der Waals surface area contributed by atoms with Gasteiger partial charge in [0.2, 0.25) is 0 Å². The van der Waals surface area contributed by atoms with E-state index in [0.29, 0.717) is 6.04 Å². The summed E-state index contributed by atoms with van der Waals surface area (Å²) in [6.45, 7) is 2.28. The highest BCUT2D eigenvalue weighted by molar-refractivity contribution is 5.50. The van der Waals surface area contributed by atoms with Gasteiger partial charge in [-0.25, -0.2) is 0 Å². The van der Waals surface area contributed by atoms with Crippen LogP contribution in [0.25, 0.3) is 0 Å². The Balaban J connectivity index is 1.97. The lowest BCUT2D eigenvalue weighted by Gasteiger charge is -2.14. The standard InChI is InChI=1S/C15H19N/c1-3-12-6-5-7-14(10-12)16-15-9-8-13(4-2)11-15/h1,5-7,10,13,15-16H,4,8-9,11H2,2H3. The summed E-state index contributed by atoms with van der Waals surface area (Å²) in [5.74, 6) is 3.58. The van der Waals surface area contributed by atoms with Crippen LogP contribution in [0.15, 0.2) is 24.3 Å². The normalized spacial score (nSPS) is 24.0. The number of nitrogens with one attached hydrogen (secondary N) is 1. The zero-order valence-electron chi connectivity index (χ0n) is 9.87. The number of benzene rings is 1. The van der Waals surface area contributed by atoms with E-state index in [-0.39, 0.29) is 0 Å². The molecular formula is C15H19N. The van der Waals surface area contributed by atoms with Crippen LogP contribution in [0.1, 0.15) is 38.2 Å². The van der Waals surface area contributed by atoms with Gasteiger partial charge in [-0.3, -0.25) is 0 Å². The third-order valence-electron chi connectivity index (χ3n) is 3.52. The number of hydrogen-bond acceptors (Lipinski definition) is 1. The topological polar surface area (TPSA) is 12.0 Å². The molecule has 0 spiro atoms. The summed E-state index contributed by atoms with van der Waals surface area (Å²) in [6.07, 6.45) is 10.7. The first-order chi connectivity index (χ1) is 7.81. The predicted octanol–water partition coefficient (Wildman–Crippen LogP) is 3.66. The van der Waals surface area contributed by atoms with E-state index in [0.717, 1.165) is 17.2 Å². The fourth-order valence-corrected chi connectivity index (χ4v) is 2.51. The SMILES string of the molecule is C#Cc1cccc(NC2CCC(CC)C2)c1. The Morgan fingerprint density at radius 1 is 1.44 bits per heavy atom. The molecule has 84 valence electrons. The van der Waals surface area contributed by atoms with Crippen LogP contribution in [0.5, 0.6) is 0 Å². The van der Waals surface area contributed by atoms with E-state index in [1.54, 1.807) is 0 Å². The molecule has 1 fully saturated rings. The van der Waals surface area contributed by atoms with Crippen molar-refractivity contribution >= 4 is 5.69 Å². The largest absolute Gasteiger partial charge is 0.382 e. The molecule has 0 aromatic heterocycles. The van der Waals surface area contributed by atoms with Crippen molar-refractivity contribution in [3.63, 3.8) is 0 Å². The first-order valence-corrected chi connectivity index (χ1v) is 6.15. The minimum atomic E-state index is 0.637. The Morgan fingerprint density at radius 3 is 3.00 bits per heavy atom. The Labute approximate surface area is 98.3 Å². The molecule has 2 rings (SSSR count). The molecule has 1 N–H and O–H groups in total. The Bertz CT molecular complexity index is 389. The Hall–Kier alpha value is -1.42. The smallest absolute Gasteiger partial charge is 0.0354 e. The molecule has 2 unspecified atom stereocenters. The molecule has 1 aliphatic carbocycles. The zero-order valence-corrected chi connectivity index (χ0v) is 9.87. The van der Waals surface area contributed by atoms with E-state index in [1.807, 2.05) is 12.1 Å². The third-order valence-corrected chi connectivity index (χ3v) is 3.52. The Morgan fingerprint density at radius 2 is 2.31 bits per heavy atom. The van der Waals surface area contributed by atoms with E-state index in [2.05, 4.69) is 30.3 Å². The van der Waals surface area contributed by atoms with Crippen LogP contribution in [0.2, 0.25) is 0 Å². The molecule has 1 aromatic rings. The average Bonchev–Trinajstić information content (AvgIpc) is 2.77. The van der Waals surface area contributed by atoms with E-state index >= 15 is 0 Å². The van der Waals surface area contributed by atoms with Crippen LogP contribution in [-0.2, 0) is 0 Å². The summed E-state index contributed by atoms with van der Waals surface area (Å²) >= 11 is 0. The van der Waals surface area contributed by atoms with Crippen LogP contribution in [0.3, 0.4) is 0 Å². The molecule has 0 radical (unpaired) electrons. The first-order valence-electron chi connectivity index (χ1n) is 6.15. The van der Waals surface area contributed by atoms with Crippen molar-refractivity contribution in [2.24, 2.45) is 5.92 Å². The molecule has 0 aliphatic heterocycles. The van der Waals surface area contributed by atoms with Gasteiger partial charge in [-0.2, -0.15) is 0 Å². The van der Waals surface area contributed by atoms with Crippen LogP contribution in [0.4, 0.5) is 5.69 Å². The lowest BCUT2D eigenvalue weighted by atomic mass is 10.1. The molecule has 0 bridgehead atoms. The highest BCUT2D eigenvalue weighted by atomic mass is 14.9. The second-order valence-electron chi connectivity index (χ2n) is 4.65. The minimum Gasteiger partial charge on any atom is -0.382 e. The van der Waals surface area contributed by atoms with Crippen molar-refractivity contribution in [1.29, 1.82) is 0 Å². The monoisotopic (exact) mass is 213 g/mol. The van der Waals surface area contributed by atoms with Gasteiger partial charge in [0.15, 0.2) is 0 Å². The number of anilines is 1. The van der Waals surface area contributed by atoms with E-state index in [4.69, 9.17) is 6.42 Å². The van der Waals surface area contributed by atoms with Crippen LogP contribution in [-0.4, -0.2) is 6.04 Å². The van der Waals surface area contributed by atoms with Crippen LogP contribution < -0.4 is 5.32 Å². The minimum absolute atomic E-state index is 0.637. The van der Waals surface area contributed by atoms with E-state index < -0.39 is 0 Å². The molecular weight excluding hydrogens is 194 g/mol. The van der Waals surface area contributed by atoms with Gasteiger partial charge >= 0.3 is 0 Å². The van der Waals surface area contributed by atoms with Crippen molar-refractivity contribution < 1.29 is 0 Å². The summed E-state index contributed by atoms with van der Waals surface area (Å²) in [7, 11) is 0. The molecule has 0 saturated heterocycles. The maximum Gasteiger partial charge on any atom is 0.0354 e. The number of terminal acetylenes is 1. The van der Waals surface area contributed by atoms with Crippen LogP contribution >= 0.6 is 0 Å². The highest BCUT2D eigenvalue weighted by Crippen LogP contribution is 2.30. The van der Waals surface area contributed by atoms with Crippen molar-refractivity contribution in [3.05, 3.63) is 29.8 Å². The van der Waals surface area contributed by atoms with Crippen molar-refractivity contribution in [3.8, 4) is 12.3 Å². The van der Waals surface area contributed by atoms with E-state index in [1.165, 1.54) is 25.7 Å². The number of rotatable bonds is 3. The number of hydrogen-bond donors (Lipinski definition) is 1. The van der Waals surface area contributed by atoms with Crippen molar-refractivity contribution in [2.75, 3.05) is 5.32 Å². The lowest BCUT2D eigenvalue weighted by Crippen LogP contribution is -2.15. The molecule has 0 amide bonds. The summed E-state index contributed by atoms with van der Waals surface area (Å²) < 4.78 is 0. The van der Waals surface area contributed by atoms with E-state index in [9.17, 15) is 0 Å². The maximum absolute atomic E-state index is 5.39. The second-order valence-corrected chi connectivity index (χ2v) is 4.65. The predicted molar refractivity (Wildman–Crippen MR) is 69.4 cm³/mol. The van der Waals surface area contributed by atoms with Gasteiger partial charge in [0.1, 0.15) is 0 Å². The molecule has 1 saturated carbocycles. The fraction of sp³-hybridized carbons (Fsp3) is 0.467. The summed E-state index contributed by atoms with van der Waals surface area (Å²) in [4.78, 5) is 0. The quantitative estimate of drug-likeness (QED) is 0.756. The van der Waals surface area contributed by atoms with Crippen molar-refractivity contribution in [2.45, 2.75) is 38.6 Å². The van der Waals surface area contributed by atoms with Gasteiger partial charge < -0.3 is 5.32 Å². The summed E-state index contributed by atoms with van der Waals surface area (Å²) in [5, 5.41) is 3.58. The molecule has 1 aromatic carbocycles. The zero-order chi connectivity index (χ0) is 11.4. The molecule has 16 heavy (non-hydrogen) atoms. The molecule has 1 aliphatic rings. The Kier molecular flexibility index (Phi) is 3.51. The first kappa shape index (κ1) is 11.1. The molecule has 2 atom stereocenters. The highest BCUT2D eigenvalue weighted by Gasteiger charge is 2.22. The molecule has 1 nitrogen and oxygen atoms in total. The summed E-state index contributed by atoms with van der Waals surface area (Å²) in [6, 6.07) is 8.77. The van der Waals surface area contributed by atoms with Gasteiger partial charge in [-0.05, 0) is 43.4 Å². The second kappa shape index (κ2) is 5.07. The van der Waals surface area contributed by atoms with Gasteiger partial charge in [0.05, 0.1) is 0 Å².